The molecule has 0 spiro atoms. The van der Waals surface area contributed by atoms with Crippen molar-refractivity contribution in [3.63, 3.8) is 0 Å². The van der Waals surface area contributed by atoms with E-state index in [0.29, 0.717) is 35.9 Å². The summed E-state index contributed by atoms with van der Waals surface area (Å²) in [6.07, 6.45) is 13.2. The van der Waals surface area contributed by atoms with Crippen LogP contribution in [0.4, 0.5) is 0 Å². The van der Waals surface area contributed by atoms with Gasteiger partial charge in [0.25, 0.3) is 0 Å². The van der Waals surface area contributed by atoms with Gasteiger partial charge in [0.05, 0.1) is 0 Å². The number of carbonyl (C=O) groups excluding carboxylic acids is 1. The molecule has 0 radical (unpaired) electrons. The first kappa shape index (κ1) is 21.3. The van der Waals surface area contributed by atoms with E-state index in [1.165, 1.54) is 5.57 Å². The van der Waals surface area contributed by atoms with Gasteiger partial charge in [-0.3, -0.25) is 9.78 Å². The van der Waals surface area contributed by atoms with E-state index in [1.807, 2.05) is 18.2 Å². The Morgan fingerprint density at radius 2 is 2.00 bits per heavy atom. The molecule has 1 N–H and O–H groups in total. The highest BCUT2D eigenvalue weighted by Crippen LogP contribution is 2.62. The lowest BCUT2D eigenvalue weighted by Crippen LogP contribution is -2.50. The number of aliphatic hydroxyl groups is 1. The van der Waals surface area contributed by atoms with E-state index in [-0.39, 0.29) is 5.41 Å². The number of ketones is 1. The van der Waals surface area contributed by atoms with Gasteiger partial charge in [-0.25, -0.2) is 0 Å². The van der Waals surface area contributed by atoms with Crippen molar-refractivity contribution in [2.24, 2.45) is 29.1 Å². The summed E-state index contributed by atoms with van der Waals surface area (Å²) >= 11 is 0. The highest BCUT2D eigenvalue weighted by molar-refractivity contribution is 5.91. The van der Waals surface area contributed by atoms with Crippen molar-refractivity contribution in [3.05, 3.63) is 41.7 Å². The number of allylic oxidation sites excluding steroid dienone is 2. The predicted molar refractivity (Wildman–Crippen MR) is 120 cm³/mol. The fourth-order valence-corrected chi connectivity index (χ4v) is 6.75. The van der Waals surface area contributed by atoms with Crippen LogP contribution in [-0.4, -0.2) is 21.5 Å². The van der Waals surface area contributed by atoms with Crippen LogP contribution < -0.4 is 0 Å². The van der Waals surface area contributed by atoms with Gasteiger partial charge >= 0.3 is 0 Å². The van der Waals surface area contributed by atoms with Gasteiger partial charge in [0, 0.05) is 29.8 Å². The van der Waals surface area contributed by atoms with Crippen LogP contribution in [0.5, 0.6) is 0 Å². The number of aromatic nitrogens is 1. The topological polar surface area (TPSA) is 50.2 Å². The minimum Gasteiger partial charge on any atom is -0.377 e. The molecule has 0 aromatic carbocycles. The maximum Gasteiger partial charge on any atom is 0.155 e. The summed E-state index contributed by atoms with van der Waals surface area (Å²) in [7, 11) is 0. The molecule has 3 aliphatic rings. The molecule has 4 rings (SSSR count). The molecule has 3 aliphatic carbocycles. The van der Waals surface area contributed by atoms with Gasteiger partial charge < -0.3 is 5.11 Å². The average molecular weight is 406 g/mol. The van der Waals surface area contributed by atoms with Crippen molar-refractivity contribution < 1.29 is 9.90 Å². The molecule has 6 atom stereocenters. The number of nitrogens with zero attached hydrogens (tertiary/aromatic N) is 1. The minimum absolute atomic E-state index is 0.171. The lowest BCUT2D eigenvalue weighted by atomic mass is 9.54. The van der Waals surface area contributed by atoms with Gasteiger partial charge in [0.1, 0.15) is 5.60 Å². The maximum atomic E-state index is 11.9. The summed E-state index contributed by atoms with van der Waals surface area (Å²) in [6.45, 7) is 7.04. The molecule has 0 bridgehead atoms. The van der Waals surface area contributed by atoms with Crippen molar-refractivity contribution in [2.45, 2.75) is 77.7 Å². The second kappa shape index (κ2) is 8.31. The van der Waals surface area contributed by atoms with E-state index >= 15 is 0 Å². The van der Waals surface area contributed by atoms with Gasteiger partial charge in [-0.1, -0.05) is 38.2 Å². The van der Waals surface area contributed by atoms with Gasteiger partial charge in [0.15, 0.2) is 5.78 Å². The van der Waals surface area contributed by atoms with Crippen LogP contribution in [-0.2, 0) is 4.79 Å². The number of pyridine rings is 1. The molecule has 2 saturated carbocycles. The third kappa shape index (κ3) is 3.87. The number of hydrogen-bond donors (Lipinski definition) is 1. The Morgan fingerprint density at radius 3 is 2.73 bits per heavy atom. The Labute approximate surface area is 181 Å². The summed E-state index contributed by atoms with van der Waals surface area (Å²) in [5.41, 5.74) is 1.14. The second-order valence-corrected chi connectivity index (χ2v) is 10.3. The van der Waals surface area contributed by atoms with E-state index < -0.39 is 5.60 Å². The molecule has 0 aliphatic heterocycles. The Hall–Kier alpha value is -1.92. The Morgan fingerprint density at radius 1 is 1.23 bits per heavy atom. The van der Waals surface area contributed by atoms with Crippen molar-refractivity contribution in [2.75, 3.05) is 0 Å². The molecule has 0 amide bonds. The molecule has 1 heterocycles. The van der Waals surface area contributed by atoms with Crippen molar-refractivity contribution in [1.29, 1.82) is 0 Å². The molecular weight excluding hydrogens is 370 g/mol. The first-order valence-corrected chi connectivity index (χ1v) is 11.7. The van der Waals surface area contributed by atoms with Crippen LogP contribution in [0.2, 0.25) is 0 Å². The maximum absolute atomic E-state index is 11.9. The summed E-state index contributed by atoms with van der Waals surface area (Å²) in [5.74, 6) is 9.04. The fourth-order valence-electron chi connectivity index (χ4n) is 6.75. The molecule has 5 unspecified atom stereocenters. The number of rotatable bonds is 3. The zero-order valence-corrected chi connectivity index (χ0v) is 18.7. The van der Waals surface area contributed by atoms with Gasteiger partial charge in [-0.2, -0.15) is 0 Å². The summed E-state index contributed by atoms with van der Waals surface area (Å²) in [6, 6.07) is 3.80. The van der Waals surface area contributed by atoms with Crippen LogP contribution in [0.15, 0.2) is 36.2 Å². The van der Waals surface area contributed by atoms with E-state index in [1.54, 1.807) is 12.4 Å². The number of hydrogen-bond acceptors (Lipinski definition) is 3. The third-order valence-corrected chi connectivity index (χ3v) is 8.44. The van der Waals surface area contributed by atoms with Crippen LogP contribution >= 0.6 is 0 Å². The first-order chi connectivity index (χ1) is 14.3. The van der Waals surface area contributed by atoms with Crippen LogP contribution in [0.25, 0.3) is 0 Å². The highest BCUT2D eigenvalue weighted by Gasteiger charge is 2.60. The quantitative estimate of drug-likeness (QED) is 0.691. The van der Waals surface area contributed by atoms with Crippen molar-refractivity contribution in [1.82, 2.24) is 4.98 Å². The molecule has 2 fully saturated rings. The molecule has 1 aromatic heterocycles. The summed E-state index contributed by atoms with van der Waals surface area (Å²) in [4.78, 5) is 15.9. The molecule has 1 aromatic rings. The molecular formula is C27H35NO2. The zero-order chi connectivity index (χ0) is 21.4. The zero-order valence-electron chi connectivity index (χ0n) is 18.7. The lowest BCUT2D eigenvalue weighted by molar-refractivity contribution is -0.115. The van der Waals surface area contributed by atoms with Crippen LogP contribution in [0, 0.1) is 40.9 Å². The number of fused-ring (bicyclic) bond motifs is 1. The summed E-state index contributed by atoms with van der Waals surface area (Å²) in [5, 5.41) is 11.7. The summed E-state index contributed by atoms with van der Waals surface area (Å²) < 4.78 is 0. The molecule has 0 saturated heterocycles. The molecule has 160 valence electrons. The Kier molecular flexibility index (Phi) is 5.90. The fraction of sp³-hybridized carbons (Fsp3) is 0.630. The second-order valence-electron chi connectivity index (χ2n) is 10.3. The number of carbonyl (C=O) groups is 1. The van der Waals surface area contributed by atoms with Crippen LogP contribution in [0.3, 0.4) is 0 Å². The standard InChI is InChI=1S/C27H35NO2/c1-19-7-12-26(3)24(25(19)20(2)17-22-5-4-6-23(29)18-22)9-14-27(26,30)13-8-21-10-15-28-16-11-21/h10-11,15-16,18-20,24-25,30H,4-7,9,12,14,17H2,1-3H3/t19?,20?,24?,25-,26?,27?/m0/s1. The highest BCUT2D eigenvalue weighted by atomic mass is 16.3. The molecule has 30 heavy (non-hydrogen) atoms. The van der Waals surface area contributed by atoms with E-state index in [0.717, 1.165) is 50.5 Å². The first-order valence-electron chi connectivity index (χ1n) is 11.7. The van der Waals surface area contributed by atoms with Gasteiger partial charge in [-0.15, -0.1) is 0 Å². The molecule has 3 nitrogen and oxygen atoms in total. The van der Waals surface area contributed by atoms with E-state index in [9.17, 15) is 9.90 Å². The Bertz CT molecular complexity index is 879. The monoisotopic (exact) mass is 405 g/mol. The van der Waals surface area contributed by atoms with Gasteiger partial charge in [-0.05, 0) is 86.8 Å². The predicted octanol–water partition coefficient (Wildman–Crippen LogP) is 5.33. The largest absolute Gasteiger partial charge is 0.377 e. The minimum atomic E-state index is -0.931. The van der Waals surface area contributed by atoms with Crippen LogP contribution in [0.1, 0.15) is 77.7 Å². The normalized spacial score (nSPS) is 37.0. The smallest absolute Gasteiger partial charge is 0.155 e. The van der Waals surface area contributed by atoms with Gasteiger partial charge in [0.2, 0.25) is 0 Å². The van der Waals surface area contributed by atoms with E-state index in [2.05, 4.69) is 37.6 Å². The van der Waals surface area contributed by atoms with E-state index in [4.69, 9.17) is 0 Å². The molecule has 3 heteroatoms. The third-order valence-electron chi connectivity index (χ3n) is 8.44. The van der Waals surface area contributed by atoms with Crippen molar-refractivity contribution in [3.8, 4) is 11.8 Å². The lowest BCUT2D eigenvalue weighted by Gasteiger charge is -2.51. The van der Waals surface area contributed by atoms with Crippen molar-refractivity contribution >= 4 is 5.78 Å². The Balaban J connectivity index is 1.57. The average Bonchev–Trinajstić information content (AvgIpc) is 2.99. The SMILES string of the molecule is CC1CCC2(C)C(CCC2(O)C#Cc2ccncc2)[C@@H]1C(C)CC1=CC(=O)CCC1.